The lowest BCUT2D eigenvalue weighted by molar-refractivity contribution is 0.151. The predicted octanol–water partition coefficient (Wildman–Crippen LogP) is 4.98. The number of hydrogen-bond acceptors (Lipinski definition) is 5. The molecule has 0 bridgehead atoms. The Hall–Kier alpha value is -3.68. The zero-order valence-electron chi connectivity index (χ0n) is 16.2. The molecule has 2 aromatic carbocycles. The van der Waals surface area contributed by atoms with Crippen molar-refractivity contribution < 1.29 is 23.4 Å². The lowest BCUT2D eigenvalue weighted by atomic mass is 10.2. The van der Waals surface area contributed by atoms with E-state index in [1.54, 1.807) is 33.3 Å². The summed E-state index contributed by atoms with van der Waals surface area (Å²) in [6.45, 7) is 1.95. The zero-order valence-corrected chi connectivity index (χ0v) is 16.2. The number of methoxy groups -OCH3 is 2. The fourth-order valence-corrected chi connectivity index (χ4v) is 3.35. The highest BCUT2D eigenvalue weighted by Gasteiger charge is 2.25. The quantitative estimate of drug-likeness (QED) is 0.497. The lowest BCUT2D eigenvalue weighted by Gasteiger charge is -2.10. The Morgan fingerprint density at radius 1 is 1.14 bits per heavy atom. The maximum absolute atomic E-state index is 13.6. The Morgan fingerprint density at radius 3 is 2.59 bits per heavy atom. The van der Waals surface area contributed by atoms with Crippen LogP contribution in [0.5, 0.6) is 11.5 Å². The molecule has 8 heteroatoms. The molecule has 1 heterocycles. The van der Waals surface area contributed by atoms with Gasteiger partial charge in [0.2, 0.25) is 0 Å². The molecule has 0 unspecified atom stereocenters. The predicted molar refractivity (Wildman–Crippen MR) is 108 cm³/mol. The van der Waals surface area contributed by atoms with Crippen molar-refractivity contribution in [1.82, 2.24) is 9.78 Å². The van der Waals surface area contributed by atoms with E-state index < -0.39 is 6.09 Å². The average molecular weight is 397 g/mol. The van der Waals surface area contributed by atoms with Crippen LogP contribution < -0.4 is 14.8 Å². The molecular formula is C21H20FN3O4. The summed E-state index contributed by atoms with van der Waals surface area (Å²) in [4.78, 5) is 12.5. The molecule has 1 aliphatic heterocycles. The van der Waals surface area contributed by atoms with Gasteiger partial charge in [0.05, 0.1) is 26.5 Å². The highest BCUT2D eigenvalue weighted by Crippen LogP contribution is 2.43. The van der Waals surface area contributed by atoms with Gasteiger partial charge in [-0.25, -0.2) is 9.18 Å². The van der Waals surface area contributed by atoms with Gasteiger partial charge in [0.25, 0.3) is 0 Å². The van der Waals surface area contributed by atoms with E-state index in [1.807, 2.05) is 18.2 Å². The maximum atomic E-state index is 13.6. The number of nitrogens with zero attached hydrogens (tertiary/aromatic N) is 1. The van der Waals surface area contributed by atoms with Crippen LogP contribution >= 0.6 is 0 Å². The molecule has 4 rings (SSSR count). The molecule has 150 valence electrons. The van der Waals surface area contributed by atoms with E-state index in [0.29, 0.717) is 28.7 Å². The van der Waals surface area contributed by atoms with E-state index in [0.717, 1.165) is 16.3 Å². The van der Waals surface area contributed by atoms with Crippen molar-refractivity contribution in [3.63, 3.8) is 0 Å². The molecule has 2 aliphatic rings. The van der Waals surface area contributed by atoms with Crippen molar-refractivity contribution in [2.24, 2.45) is 0 Å². The van der Waals surface area contributed by atoms with Crippen LogP contribution in [0.25, 0.3) is 22.0 Å². The summed E-state index contributed by atoms with van der Waals surface area (Å²) in [7, 11) is 3.14. The molecule has 7 nitrogen and oxygen atoms in total. The molecule has 0 saturated carbocycles. The van der Waals surface area contributed by atoms with Gasteiger partial charge < -0.3 is 19.5 Å². The van der Waals surface area contributed by atoms with Gasteiger partial charge in [-0.05, 0) is 48.7 Å². The second kappa shape index (κ2) is 7.38. The van der Waals surface area contributed by atoms with Crippen LogP contribution in [0.2, 0.25) is 0 Å². The molecule has 29 heavy (non-hydrogen) atoms. The number of aromatic amines is 1. The third kappa shape index (κ3) is 3.22. The van der Waals surface area contributed by atoms with Gasteiger partial charge in [0.1, 0.15) is 11.6 Å². The molecule has 0 spiro atoms. The molecule has 0 aromatic heterocycles. The average Bonchev–Trinajstić information content (AvgIpc) is 3.23. The zero-order chi connectivity index (χ0) is 20.5. The number of halogens is 1. The van der Waals surface area contributed by atoms with Gasteiger partial charge in [-0.1, -0.05) is 6.07 Å². The number of nitrogens with one attached hydrogen (secondary N) is 2. The summed E-state index contributed by atoms with van der Waals surface area (Å²) in [6.07, 6.45) is -0.573. The monoisotopic (exact) mass is 397 g/mol. The summed E-state index contributed by atoms with van der Waals surface area (Å²) in [5.41, 5.74) is 1.96. The number of anilines is 2. The van der Waals surface area contributed by atoms with Crippen LogP contribution in [0, 0.1) is 5.82 Å². The first kappa shape index (κ1) is 18.7. The number of H-pyrrole nitrogens is 1. The van der Waals surface area contributed by atoms with Gasteiger partial charge in [-0.15, -0.1) is 0 Å². The Kier molecular flexibility index (Phi) is 4.75. The number of aromatic nitrogens is 2. The second-order valence-electron chi connectivity index (χ2n) is 6.36. The number of ether oxygens (including phenoxy) is 3. The van der Waals surface area contributed by atoms with E-state index in [2.05, 4.69) is 10.4 Å². The third-order valence-electron chi connectivity index (χ3n) is 4.63. The van der Waals surface area contributed by atoms with Crippen molar-refractivity contribution in [1.29, 1.82) is 0 Å². The number of hydrogen-bond donors (Lipinski definition) is 2. The molecule has 0 amide bonds. The largest absolute Gasteiger partial charge is 0.493 e. The molecular weight excluding hydrogens is 377 g/mol. The molecule has 0 radical (unpaired) electrons. The highest BCUT2D eigenvalue weighted by atomic mass is 19.1. The van der Waals surface area contributed by atoms with Crippen LogP contribution in [0.4, 0.5) is 20.7 Å². The molecule has 2 N–H and O–H groups in total. The summed E-state index contributed by atoms with van der Waals surface area (Å²) in [6, 6.07) is 11.6. The number of rotatable bonds is 5. The third-order valence-corrected chi connectivity index (χ3v) is 4.63. The van der Waals surface area contributed by atoms with E-state index >= 15 is 0 Å². The normalized spacial score (nSPS) is 11.0. The molecule has 0 saturated heterocycles. The fraction of sp³-hybridized carbons (Fsp3) is 0.190. The van der Waals surface area contributed by atoms with Crippen molar-refractivity contribution in [3.8, 4) is 22.8 Å². The first-order chi connectivity index (χ1) is 14.0. The summed E-state index contributed by atoms with van der Waals surface area (Å²) >= 11 is 0. The van der Waals surface area contributed by atoms with E-state index in [4.69, 9.17) is 14.2 Å². The molecule has 2 aromatic rings. The maximum Gasteiger partial charge on any atom is 0.434 e. The SMILES string of the molecule is CCOC(=O)n1[nH]c2c3cc(OC)c(OC)cc3cc-2c1Nc1cccc(F)c1. The molecule has 0 atom stereocenters. The fourth-order valence-electron chi connectivity index (χ4n) is 3.35. The Labute approximate surface area is 166 Å². The first-order valence-electron chi connectivity index (χ1n) is 9.04. The van der Waals surface area contributed by atoms with Crippen LogP contribution in [-0.2, 0) is 4.74 Å². The number of benzene rings is 2. The van der Waals surface area contributed by atoms with Crippen molar-refractivity contribution in [2.45, 2.75) is 6.92 Å². The van der Waals surface area contributed by atoms with Gasteiger partial charge in [-0.3, -0.25) is 5.10 Å². The minimum absolute atomic E-state index is 0.222. The van der Waals surface area contributed by atoms with Gasteiger partial charge in [0.15, 0.2) is 11.5 Å². The molecule has 1 aliphatic carbocycles. The Bertz CT molecular complexity index is 1160. The van der Waals surface area contributed by atoms with Crippen molar-refractivity contribution in [2.75, 3.05) is 26.1 Å². The summed E-state index contributed by atoms with van der Waals surface area (Å²) < 4.78 is 30.9. The minimum Gasteiger partial charge on any atom is -0.493 e. The van der Waals surface area contributed by atoms with E-state index in [-0.39, 0.29) is 12.4 Å². The van der Waals surface area contributed by atoms with Gasteiger partial charge in [-0.2, -0.15) is 4.68 Å². The molecule has 0 fully saturated rings. The van der Waals surface area contributed by atoms with E-state index in [1.165, 1.54) is 16.8 Å². The summed E-state index contributed by atoms with van der Waals surface area (Å²) in [5.74, 6) is 1.24. The van der Waals surface area contributed by atoms with Gasteiger partial charge >= 0.3 is 6.09 Å². The van der Waals surface area contributed by atoms with Crippen LogP contribution in [-0.4, -0.2) is 36.7 Å². The number of carbonyl (C=O) groups excluding carboxylic acids is 1. The Balaban J connectivity index is 1.91. The Morgan fingerprint density at radius 2 is 1.90 bits per heavy atom. The second-order valence-corrected chi connectivity index (χ2v) is 6.36. The van der Waals surface area contributed by atoms with Crippen molar-refractivity contribution in [3.05, 3.63) is 48.3 Å². The van der Waals surface area contributed by atoms with Crippen LogP contribution in [0.1, 0.15) is 6.92 Å². The lowest BCUT2D eigenvalue weighted by Crippen LogP contribution is -2.17. The standard InChI is InChI=1S/C21H20FN3O4/c1-4-29-21(26)25-20(23-14-7-5-6-13(22)10-14)16-8-12-9-17(27-2)18(28-3)11-15(12)19(16)24-25/h5-11,23-24H,4H2,1-3H3. The first-order valence-corrected chi connectivity index (χ1v) is 9.04. The van der Waals surface area contributed by atoms with E-state index in [9.17, 15) is 9.18 Å². The van der Waals surface area contributed by atoms with Crippen molar-refractivity contribution >= 4 is 28.4 Å². The van der Waals surface area contributed by atoms with Crippen LogP contribution in [0.3, 0.4) is 0 Å². The number of carbonyl (C=O) groups is 1. The number of fused-ring (bicyclic) bond motifs is 3. The summed E-state index contributed by atoms with van der Waals surface area (Å²) in [5, 5.41) is 7.96. The van der Waals surface area contributed by atoms with Gasteiger partial charge in [0, 0.05) is 16.6 Å². The topological polar surface area (TPSA) is 77.5 Å². The minimum atomic E-state index is -0.573. The smallest absolute Gasteiger partial charge is 0.434 e. The van der Waals surface area contributed by atoms with Crippen LogP contribution in [0.15, 0.2) is 42.5 Å². The highest BCUT2D eigenvalue weighted by molar-refractivity contribution is 6.06.